The van der Waals surface area contributed by atoms with Crippen LogP contribution >= 0.6 is 34.4 Å². The van der Waals surface area contributed by atoms with E-state index in [0.717, 1.165) is 23.0 Å². The van der Waals surface area contributed by atoms with E-state index in [4.69, 9.17) is 4.99 Å². The summed E-state index contributed by atoms with van der Waals surface area (Å²) in [6, 6.07) is 6.45. The Kier molecular flexibility index (Phi) is 4.59. The monoisotopic (exact) mass is 374 g/mol. The Bertz CT molecular complexity index is 473. The van der Waals surface area contributed by atoms with Gasteiger partial charge in [0.25, 0.3) is 0 Å². The third-order valence-corrected chi connectivity index (χ3v) is 5.47. The number of hydrogen-bond acceptors (Lipinski definition) is 3. The maximum absolute atomic E-state index is 4.85. The normalized spacial score (nSPS) is 23.7. The summed E-state index contributed by atoms with van der Waals surface area (Å²) in [5, 5.41) is 4.51. The lowest BCUT2D eigenvalue weighted by Crippen LogP contribution is -2.29. The standard InChI is InChI=1S/C14H19IN2S/c1-4-14(3)7-8-18-13(17-14)16-11-6-5-10(2)12(15)9-11/h5-6,9H,4,7-8H2,1-3H3,(H,16,17). The van der Waals surface area contributed by atoms with Crippen LogP contribution in [0, 0.1) is 10.5 Å². The Labute approximate surface area is 127 Å². The second kappa shape index (κ2) is 5.82. The van der Waals surface area contributed by atoms with Gasteiger partial charge in [0.1, 0.15) is 0 Å². The van der Waals surface area contributed by atoms with Gasteiger partial charge in [0.2, 0.25) is 0 Å². The molecule has 1 aromatic carbocycles. The highest BCUT2D eigenvalue weighted by Gasteiger charge is 2.25. The van der Waals surface area contributed by atoms with E-state index in [0.29, 0.717) is 0 Å². The molecule has 1 unspecified atom stereocenters. The number of nitrogens with zero attached hydrogens (tertiary/aromatic N) is 1. The molecule has 2 rings (SSSR count). The molecule has 1 N–H and O–H groups in total. The van der Waals surface area contributed by atoms with Crippen molar-refractivity contribution in [3.8, 4) is 0 Å². The van der Waals surface area contributed by atoms with Gasteiger partial charge in [-0.1, -0.05) is 24.8 Å². The van der Waals surface area contributed by atoms with Crippen molar-refractivity contribution < 1.29 is 0 Å². The van der Waals surface area contributed by atoms with Crippen LogP contribution in [0.4, 0.5) is 5.69 Å². The molecule has 0 aromatic heterocycles. The fraction of sp³-hybridized carbons (Fsp3) is 0.500. The molecule has 0 radical (unpaired) electrons. The fourth-order valence-electron chi connectivity index (χ4n) is 1.81. The highest BCUT2D eigenvalue weighted by molar-refractivity contribution is 14.1. The molecule has 1 aromatic rings. The third-order valence-electron chi connectivity index (χ3n) is 3.44. The molecule has 2 nitrogen and oxygen atoms in total. The molecule has 0 amide bonds. The number of nitrogens with one attached hydrogen (secondary N) is 1. The number of rotatable bonds is 2. The fourth-order valence-corrected chi connectivity index (χ4v) is 3.54. The third kappa shape index (κ3) is 3.41. The zero-order valence-corrected chi connectivity index (χ0v) is 14.1. The molecular formula is C14H19IN2S. The maximum Gasteiger partial charge on any atom is 0.161 e. The van der Waals surface area contributed by atoms with E-state index in [9.17, 15) is 0 Å². The van der Waals surface area contributed by atoms with Crippen LogP contribution in [-0.4, -0.2) is 16.5 Å². The van der Waals surface area contributed by atoms with Gasteiger partial charge >= 0.3 is 0 Å². The summed E-state index contributed by atoms with van der Waals surface area (Å²) in [5.41, 5.74) is 2.57. The van der Waals surface area contributed by atoms with Crippen LogP contribution in [0.3, 0.4) is 0 Å². The average Bonchev–Trinajstić information content (AvgIpc) is 2.34. The minimum Gasteiger partial charge on any atom is -0.335 e. The topological polar surface area (TPSA) is 24.4 Å². The lowest BCUT2D eigenvalue weighted by Gasteiger charge is -2.29. The molecule has 1 aliphatic heterocycles. The quantitative estimate of drug-likeness (QED) is 0.761. The van der Waals surface area contributed by atoms with Crippen molar-refractivity contribution in [3.63, 3.8) is 0 Å². The minimum atomic E-state index is 0.117. The summed E-state index contributed by atoms with van der Waals surface area (Å²) >= 11 is 4.19. The minimum absolute atomic E-state index is 0.117. The molecule has 18 heavy (non-hydrogen) atoms. The lowest BCUT2D eigenvalue weighted by molar-refractivity contribution is 0.443. The van der Waals surface area contributed by atoms with Gasteiger partial charge in [-0.3, -0.25) is 4.99 Å². The number of anilines is 1. The van der Waals surface area contributed by atoms with Crippen molar-refractivity contribution in [1.82, 2.24) is 0 Å². The molecule has 0 spiro atoms. The first-order valence-electron chi connectivity index (χ1n) is 6.28. The molecule has 0 saturated heterocycles. The first kappa shape index (κ1) is 14.2. The van der Waals surface area contributed by atoms with Gasteiger partial charge in [-0.05, 0) is 67.0 Å². The SMILES string of the molecule is CCC1(C)CCSC(Nc2ccc(C)c(I)c2)=N1. The molecule has 98 valence electrons. The van der Waals surface area contributed by atoms with E-state index in [1.54, 1.807) is 0 Å². The second-order valence-electron chi connectivity index (χ2n) is 4.95. The van der Waals surface area contributed by atoms with Crippen LogP contribution in [0.15, 0.2) is 23.2 Å². The summed E-state index contributed by atoms with van der Waals surface area (Å²) in [5.74, 6) is 1.15. The molecule has 0 aliphatic carbocycles. The van der Waals surface area contributed by atoms with Crippen LogP contribution in [0.5, 0.6) is 0 Å². The summed E-state index contributed by atoms with van der Waals surface area (Å²) in [4.78, 5) is 4.85. The second-order valence-corrected chi connectivity index (χ2v) is 7.20. The van der Waals surface area contributed by atoms with Crippen molar-refractivity contribution in [2.45, 2.75) is 39.2 Å². The van der Waals surface area contributed by atoms with E-state index in [-0.39, 0.29) is 5.54 Å². The van der Waals surface area contributed by atoms with Crippen LogP contribution in [0.1, 0.15) is 32.3 Å². The summed E-state index contributed by atoms with van der Waals surface area (Å²) < 4.78 is 1.29. The number of halogens is 1. The number of thioether (sulfide) groups is 1. The summed E-state index contributed by atoms with van der Waals surface area (Å²) in [6.07, 6.45) is 2.27. The Morgan fingerprint density at radius 2 is 2.28 bits per heavy atom. The Morgan fingerprint density at radius 1 is 1.50 bits per heavy atom. The van der Waals surface area contributed by atoms with Gasteiger partial charge < -0.3 is 5.32 Å². The van der Waals surface area contributed by atoms with Crippen molar-refractivity contribution in [2.75, 3.05) is 11.1 Å². The number of aryl methyl sites for hydroxylation is 1. The van der Waals surface area contributed by atoms with Gasteiger partial charge in [-0.15, -0.1) is 0 Å². The van der Waals surface area contributed by atoms with Crippen molar-refractivity contribution >= 4 is 45.2 Å². The summed E-state index contributed by atoms with van der Waals surface area (Å²) in [7, 11) is 0. The van der Waals surface area contributed by atoms with E-state index in [1.807, 2.05) is 11.8 Å². The molecular weight excluding hydrogens is 355 g/mol. The number of aliphatic imine (C=N–C) groups is 1. The van der Waals surface area contributed by atoms with Crippen molar-refractivity contribution in [2.24, 2.45) is 4.99 Å². The Balaban J connectivity index is 2.16. The Morgan fingerprint density at radius 3 is 2.94 bits per heavy atom. The van der Waals surface area contributed by atoms with E-state index in [1.165, 1.54) is 15.6 Å². The van der Waals surface area contributed by atoms with Crippen LogP contribution in [0.2, 0.25) is 0 Å². The number of benzene rings is 1. The molecule has 4 heteroatoms. The zero-order chi connectivity index (χ0) is 13.2. The number of hydrogen-bond donors (Lipinski definition) is 1. The average molecular weight is 374 g/mol. The van der Waals surface area contributed by atoms with Crippen LogP contribution in [-0.2, 0) is 0 Å². The number of amidine groups is 1. The maximum atomic E-state index is 4.85. The van der Waals surface area contributed by atoms with Gasteiger partial charge in [0.05, 0.1) is 5.54 Å². The highest BCUT2D eigenvalue weighted by atomic mass is 127. The zero-order valence-electron chi connectivity index (χ0n) is 11.1. The van der Waals surface area contributed by atoms with Gasteiger partial charge in [0.15, 0.2) is 5.17 Å². The van der Waals surface area contributed by atoms with Gasteiger partial charge in [-0.25, -0.2) is 0 Å². The first-order valence-corrected chi connectivity index (χ1v) is 8.35. The van der Waals surface area contributed by atoms with E-state index in [2.05, 4.69) is 66.9 Å². The van der Waals surface area contributed by atoms with Crippen molar-refractivity contribution in [1.29, 1.82) is 0 Å². The predicted octanol–water partition coefficient (Wildman–Crippen LogP) is 4.67. The molecule has 1 aliphatic rings. The largest absolute Gasteiger partial charge is 0.335 e. The lowest BCUT2D eigenvalue weighted by atomic mass is 9.97. The molecule has 0 fully saturated rings. The molecule has 1 atom stereocenters. The van der Waals surface area contributed by atoms with Crippen LogP contribution in [0.25, 0.3) is 0 Å². The van der Waals surface area contributed by atoms with Crippen LogP contribution < -0.4 is 5.32 Å². The molecule has 0 bridgehead atoms. The predicted molar refractivity (Wildman–Crippen MR) is 90.7 cm³/mol. The van der Waals surface area contributed by atoms with Gasteiger partial charge in [-0.2, -0.15) is 0 Å². The van der Waals surface area contributed by atoms with E-state index < -0.39 is 0 Å². The van der Waals surface area contributed by atoms with Gasteiger partial charge in [0, 0.05) is 15.0 Å². The van der Waals surface area contributed by atoms with E-state index >= 15 is 0 Å². The first-order chi connectivity index (χ1) is 8.52. The molecule has 0 saturated carbocycles. The highest BCUT2D eigenvalue weighted by Crippen LogP contribution is 2.30. The Hall–Kier alpha value is -0.230. The molecule has 1 heterocycles. The summed E-state index contributed by atoms with van der Waals surface area (Å²) in [6.45, 7) is 6.59. The van der Waals surface area contributed by atoms with Crippen molar-refractivity contribution in [3.05, 3.63) is 27.3 Å². The smallest absolute Gasteiger partial charge is 0.161 e.